The van der Waals surface area contributed by atoms with E-state index in [0.29, 0.717) is 13.1 Å². The second-order valence-corrected chi connectivity index (χ2v) is 9.84. The van der Waals surface area contributed by atoms with E-state index in [-0.39, 0.29) is 12.1 Å². The summed E-state index contributed by atoms with van der Waals surface area (Å²) in [5.41, 5.74) is 3.48. The standard InChI is InChI=1S/C27H30N4O2/c1-18-29-24-23(21-12-11-19-8-5-6-9-20(19)16-21)13-14-28-25(24)31(18)22-10-7-15-30(17-22)26(32)33-27(2,3)4/h5-6,8-9,11-14,16,22H,7,10,15,17H2,1-4H3/t22-/m1/s1. The number of aryl methyl sites for hydroxylation is 1. The number of aromatic nitrogens is 3. The third-order valence-corrected chi connectivity index (χ3v) is 6.23. The van der Waals surface area contributed by atoms with Crippen LogP contribution in [0.15, 0.2) is 54.7 Å². The molecule has 1 aliphatic heterocycles. The monoisotopic (exact) mass is 442 g/mol. The van der Waals surface area contributed by atoms with Crippen molar-refractivity contribution < 1.29 is 9.53 Å². The van der Waals surface area contributed by atoms with Gasteiger partial charge in [-0.1, -0.05) is 36.4 Å². The molecule has 0 bridgehead atoms. The molecule has 0 saturated carbocycles. The molecule has 0 unspecified atom stereocenters. The number of nitrogens with zero attached hydrogens (tertiary/aromatic N) is 4. The molecule has 0 N–H and O–H groups in total. The van der Waals surface area contributed by atoms with Crippen molar-refractivity contribution in [1.29, 1.82) is 0 Å². The molecule has 3 heterocycles. The quantitative estimate of drug-likeness (QED) is 0.375. The summed E-state index contributed by atoms with van der Waals surface area (Å²) in [6.07, 6.45) is 3.51. The summed E-state index contributed by atoms with van der Waals surface area (Å²) in [4.78, 5) is 24.2. The minimum Gasteiger partial charge on any atom is -0.444 e. The Morgan fingerprint density at radius 2 is 1.88 bits per heavy atom. The average Bonchev–Trinajstić information content (AvgIpc) is 3.13. The molecule has 1 saturated heterocycles. The maximum Gasteiger partial charge on any atom is 0.410 e. The van der Waals surface area contributed by atoms with E-state index in [0.717, 1.165) is 41.0 Å². The molecule has 6 nitrogen and oxygen atoms in total. The summed E-state index contributed by atoms with van der Waals surface area (Å²) in [6.45, 7) is 9.04. The summed E-state index contributed by atoms with van der Waals surface area (Å²) in [7, 11) is 0. The molecule has 1 aliphatic rings. The highest BCUT2D eigenvalue weighted by Gasteiger charge is 2.30. The number of rotatable bonds is 2. The van der Waals surface area contributed by atoms with Gasteiger partial charge >= 0.3 is 6.09 Å². The molecule has 170 valence electrons. The van der Waals surface area contributed by atoms with Crippen LogP contribution < -0.4 is 0 Å². The van der Waals surface area contributed by atoms with Crippen LogP contribution in [0.1, 0.15) is 45.5 Å². The molecule has 2 aromatic heterocycles. The van der Waals surface area contributed by atoms with Gasteiger partial charge in [0.05, 0.1) is 6.04 Å². The molecular weight excluding hydrogens is 412 g/mol. The Morgan fingerprint density at radius 1 is 1.09 bits per heavy atom. The second-order valence-electron chi connectivity index (χ2n) is 9.84. The van der Waals surface area contributed by atoms with Crippen molar-refractivity contribution in [2.75, 3.05) is 13.1 Å². The highest BCUT2D eigenvalue weighted by Crippen LogP contribution is 2.33. The molecule has 1 fully saturated rings. The lowest BCUT2D eigenvalue weighted by molar-refractivity contribution is 0.0173. The van der Waals surface area contributed by atoms with Gasteiger partial charge in [-0.3, -0.25) is 0 Å². The molecule has 33 heavy (non-hydrogen) atoms. The molecule has 2 aromatic carbocycles. The van der Waals surface area contributed by atoms with Crippen molar-refractivity contribution in [1.82, 2.24) is 19.4 Å². The Labute approximate surface area is 194 Å². The predicted molar refractivity (Wildman–Crippen MR) is 131 cm³/mol. The third-order valence-electron chi connectivity index (χ3n) is 6.23. The zero-order valence-electron chi connectivity index (χ0n) is 19.7. The number of amides is 1. The smallest absolute Gasteiger partial charge is 0.410 e. The molecule has 5 rings (SSSR count). The van der Waals surface area contributed by atoms with Gasteiger partial charge in [-0.15, -0.1) is 0 Å². The van der Waals surface area contributed by atoms with Crippen molar-refractivity contribution >= 4 is 28.0 Å². The lowest BCUT2D eigenvalue weighted by Gasteiger charge is -2.35. The van der Waals surface area contributed by atoms with Gasteiger partial charge in [0.2, 0.25) is 0 Å². The lowest BCUT2D eigenvalue weighted by Crippen LogP contribution is -2.43. The number of carbonyl (C=O) groups is 1. The summed E-state index contributed by atoms with van der Waals surface area (Å²) < 4.78 is 7.82. The topological polar surface area (TPSA) is 60.2 Å². The van der Waals surface area contributed by atoms with Crippen molar-refractivity contribution in [3.8, 4) is 11.1 Å². The zero-order chi connectivity index (χ0) is 23.2. The Hall–Kier alpha value is -3.41. The summed E-state index contributed by atoms with van der Waals surface area (Å²) in [6, 6.07) is 17.1. The number of ether oxygens (including phenoxy) is 1. The molecule has 0 spiro atoms. The zero-order valence-corrected chi connectivity index (χ0v) is 19.7. The Morgan fingerprint density at radius 3 is 2.67 bits per heavy atom. The van der Waals surface area contributed by atoms with Crippen LogP contribution in [0.25, 0.3) is 33.1 Å². The van der Waals surface area contributed by atoms with E-state index in [4.69, 9.17) is 14.7 Å². The van der Waals surface area contributed by atoms with E-state index in [1.54, 1.807) is 0 Å². The van der Waals surface area contributed by atoms with Gasteiger partial charge in [0, 0.05) is 24.8 Å². The molecule has 0 aliphatic carbocycles. The number of benzene rings is 2. The number of carbonyl (C=O) groups excluding carboxylic acids is 1. The maximum atomic E-state index is 12.7. The van der Waals surface area contributed by atoms with Gasteiger partial charge < -0.3 is 14.2 Å². The van der Waals surface area contributed by atoms with Crippen LogP contribution in [0, 0.1) is 6.92 Å². The van der Waals surface area contributed by atoms with Crippen LogP contribution in [-0.4, -0.2) is 44.2 Å². The number of piperidine rings is 1. The van der Waals surface area contributed by atoms with E-state index in [2.05, 4.69) is 47.0 Å². The summed E-state index contributed by atoms with van der Waals surface area (Å²) in [5, 5.41) is 2.43. The van der Waals surface area contributed by atoms with E-state index in [9.17, 15) is 4.79 Å². The van der Waals surface area contributed by atoms with E-state index < -0.39 is 5.60 Å². The first-order valence-electron chi connectivity index (χ1n) is 11.6. The number of pyridine rings is 1. The van der Waals surface area contributed by atoms with Gasteiger partial charge in [-0.05, 0) is 69.0 Å². The highest BCUT2D eigenvalue weighted by atomic mass is 16.6. The summed E-state index contributed by atoms with van der Waals surface area (Å²) in [5.74, 6) is 0.918. The first-order chi connectivity index (χ1) is 15.8. The fourth-order valence-corrected chi connectivity index (χ4v) is 4.78. The molecule has 1 amide bonds. The molecular formula is C27H30N4O2. The van der Waals surface area contributed by atoms with Crippen LogP contribution in [0.4, 0.5) is 4.79 Å². The number of imidazole rings is 1. The Kier molecular flexibility index (Phi) is 5.31. The summed E-state index contributed by atoms with van der Waals surface area (Å²) >= 11 is 0. The van der Waals surface area contributed by atoms with Gasteiger partial charge in [-0.25, -0.2) is 14.8 Å². The van der Waals surface area contributed by atoms with Crippen molar-refractivity contribution in [2.24, 2.45) is 0 Å². The van der Waals surface area contributed by atoms with Crippen LogP contribution in [0.2, 0.25) is 0 Å². The largest absolute Gasteiger partial charge is 0.444 e. The lowest BCUT2D eigenvalue weighted by atomic mass is 10.0. The highest BCUT2D eigenvalue weighted by molar-refractivity contribution is 5.94. The number of hydrogen-bond donors (Lipinski definition) is 0. The minimum atomic E-state index is -0.502. The SMILES string of the molecule is Cc1nc2c(-c3ccc4ccccc4c3)ccnc2n1[C@@H]1CCCN(C(=O)OC(C)(C)C)C1. The number of fused-ring (bicyclic) bond motifs is 2. The first-order valence-corrected chi connectivity index (χ1v) is 11.6. The fraction of sp³-hybridized carbons (Fsp3) is 0.370. The average molecular weight is 443 g/mol. The van der Waals surface area contributed by atoms with Crippen molar-refractivity contribution in [3.05, 3.63) is 60.6 Å². The van der Waals surface area contributed by atoms with Crippen LogP contribution in [0.5, 0.6) is 0 Å². The molecule has 1 atom stereocenters. The first kappa shape index (κ1) is 21.4. The Balaban J connectivity index is 1.51. The van der Waals surface area contributed by atoms with E-state index in [1.807, 2.05) is 44.9 Å². The maximum absolute atomic E-state index is 12.7. The van der Waals surface area contributed by atoms with Crippen molar-refractivity contribution in [3.63, 3.8) is 0 Å². The fourth-order valence-electron chi connectivity index (χ4n) is 4.78. The number of hydrogen-bond acceptors (Lipinski definition) is 4. The minimum absolute atomic E-state index is 0.121. The van der Waals surface area contributed by atoms with Crippen molar-refractivity contribution in [2.45, 2.75) is 52.2 Å². The van der Waals surface area contributed by atoms with Crippen LogP contribution in [-0.2, 0) is 4.74 Å². The number of likely N-dealkylation sites (tertiary alicyclic amines) is 1. The second kappa shape index (κ2) is 8.18. The van der Waals surface area contributed by atoms with Gasteiger partial charge in [0.25, 0.3) is 0 Å². The van der Waals surface area contributed by atoms with Crippen LogP contribution in [0.3, 0.4) is 0 Å². The Bertz CT molecular complexity index is 1340. The molecule has 0 radical (unpaired) electrons. The van der Waals surface area contributed by atoms with E-state index in [1.165, 1.54) is 10.8 Å². The van der Waals surface area contributed by atoms with Gasteiger partial charge in [-0.2, -0.15) is 0 Å². The predicted octanol–water partition coefficient (Wildman–Crippen LogP) is 6.13. The normalized spacial score (nSPS) is 17.0. The van der Waals surface area contributed by atoms with Crippen LogP contribution >= 0.6 is 0 Å². The molecule has 6 heteroatoms. The molecule has 4 aromatic rings. The van der Waals surface area contributed by atoms with Gasteiger partial charge in [0.15, 0.2) is 5.65 Å². The van der Waals surface area contributed by atoms with Gasteiger partial charge in [0.1, 0.15) is 16.9 Å². The van der Waals surface area contributed by atoms with E-state index >= 15 is 0 Å². The third kappa shape index (κ3) is 4.17.